The van der Waals surface area contributed by atoms with Gasteiger partial charge in [0.1, 0.15) is 16.4 Å². The van der Waals surface area contributed by atoms with Crippen molar-refractivity contribution in [1.29, 1.82) is 0 Å². The third-order valence-electron chi connectivity index (χ3n) is 5.66. The minimum Gasteiger partial charge on any atom is -0.497 e. The first-order chi connectivity index (χ1) is 16.5. The number of rotatable bonds is 9. The van der Waals surface area contributed by atoms with Crippen molar-refractivity contribution in [1.82, 2.24) is 0 Å². The molecule has 0 aromatic heterocycles. The highest BCUT2D eigenvalue weighted by Crippen LogP contribution is 2.38. The lowest BCUT2D eigenvalue weighted by atomic mass is 10.1. The number of imide groups is 1. The van der Waals surface area contributed by atoms with Crippen molar-refractivity contribution in [3.63, 3.8) is 0 Å². The highest BCUT2D eigenvalue weighted by molar-refractivity contribution is 8.04. The van der Waals surface area contributed by atoms with E-state index in [1.54, 1.807) is 7.11 Å². The Bertz CT molecular complexity index is 1200. The lowest BCUT2D eigenvalue weighted by molar-refractivity contribution is -0.120. The number of nitrogens with one attached hydrogen (secondary N) is 1. The zero-order valence-corrected chi connectivity index (χ0v) is 20.4. The number of carbonyl (C=O) groups excluding carboxylic acids is 2. The van der Waals surface area contributed by atoms with E-state index in [2.05, 4.69) is 12.2 Å². The van der Waals surface area contributed by atoms with Crippen LogP contribution in [0.2, 0.25) is 0 Å². The summed E-state index contributed by atoms with van der Waals surface area (Å²) in [6, 6.07) is 22.9. The predicted molar refractivity (Wildman–Crippen MR) is 138 cm³/mol. The van der Waals surface area contributed by atoms with Gasteiger partial charge in [0.25, 0.3) is 11.8 Å². The molecule has 174 valence electrons. The highest BCUT2D eigenvalue weighted by atomic mass is 32.2. The van der Waals surface area contributed by atoms with E-state index in [0.717, 1.165) is 29.7 Å². The Morgan fingerprint density at radius 1 is 0.882 bits per heavy atom. The molecule has 0 fully saturated rings. The summed E-state index contributed by atoms with van der Waals surface area (Å²) in [6.45, 7) is 4.17. The summed E-state index contributed by atoms with van der Waals surface area (Å²) in [4.78, 5) is 29.5. The van der Waals surface area contributed by atoms with Crippen molar-refractivity contribution in [2.24, 2.45) is 0 Å². The molecule has 1 aliphatic heterocycles. The molecule has 5 nitrogen and oxygen atoms in total. The van der Waals surface area contributed by atoms with Crippen LogP contribution in [0.4, 0.5) is 11.4 Å². The lowest BCUT2D eigenvalue weighted by Gasteiger charge is -2.16. The number of ether oxygens (including phenoxy) is 1. The van der Waals surface area contributed by atoms with Gasteiger partial charge in [-0.05, 0) is 73.9 Å². The molecule has 0 saturated carbocycles. The normalized spacial score (nSPS) is 13.6. The van der Waals surface area contributed by atoms with Crippen LogP contribution in [0.3, 0.4) is 0 Å². The van der Waals surface area contributed by atoms with Crippen LogP contribution < -0.4 is 15.0 Å². The Hall–Kier alpha value is -3.51. The van der Waals surface area contributed by atoms with Crippen molar-refractivity contribution >= 4 is 35.0 Å². The number of hydrogen-bond acceptors (Lipinski definition) is 5. The second-order valence-corrected chi connectivity index (χ2v) is 9.27. The maximum Gasteiger partial charge on any atom is 0.283 e. The number of methoxy groups -OCH3 is 1. The number of thioether (sulfide) groups is 1. The number of hydrogen-bond donors (Lipinski definition) is 1. The second kappa shape index (κ2) is 10.6. The second-order valence-electron chi connectivity index (χ2n) is 8.19. The molecule has 3 aromatic carbocycles. The highest BCUT2D eigenvalue weighted by Gasteiger charge is 2.40. The Balaban J connectivity index is 1.66. The predicted octanol–water partition coefficient (Wildman–Crippen LogP) is 6.34. The summed E-state index contributed by atoms with van der Waals surface area (Å²) < 4.78 is 5.22. The number of anilines is 2. The molecule has 3 aromatic rings. The Morgan fingerprint density at radius 2 is 1.56 bits per heavy atom. The largest absolute Gasteiger partial charge is 0.497 e. The Morgan fingerprint density at radius 3 is 2.18 bits per heavy atom. The summed E-state index contributed by atoms with van der Waals surface area (Å²) in [5.41, 5.74) is 3.88. The first-order valence-electron chi connectivity index (χ1n) is 11.4. The van der Waals surface area contributed by atoms with Gasteiger partial charge in [-0.2, -0.15) is 0 Å². The van der Waals surface area contributed by atoms with Crippen molar-refractivity contribution in [2.75, 3.05) is 17.3 Å². The van der Waals surface area contributed by atoms with Crippen molar-refractivity contribution in [3.8, 4) is 5.75 Å². The number of aryl methyl sites for hydroxylation is 2. The van der Waals surface area contributed by atoms with Gasteiger partial charge in [0.05, 0.1) is 12.8 Å². The van der Waals surface area contributed by atoms with Crippen LogP contribution in [-0.4, -0.2) is 18.9 Å². The first kappa shape index (κ1) is 23.6. The minimum absolute atomic E-state index is 0.274. The molecule has 6 heteroatoms. The van der Waals surface area contributed by atoms with Crippen LogP contribution in [0.5, 0.6) is 5.75 Å². The quantitative estimate of drug-likeness (QED) is 0.369. The van der Waals surface area contributed by atoms with Crippen LogP contribution in [0.1, 0.15) is 30.9 Å². The van der Waals surface area contributed by atoms with Crippen LogP contribution in [0, 0.1) is 6.92 Å². The van der Waals surface area contributed by atoms with E-state index in [-0.39, 0.29) is 17.5 Å². The van der Waals surface area contributed by atoms with E-state index < -0.39 is 0 Å². The smallest absolute Gasteiger partial charge is 0.283 e. The molecule has 1 aliphatic rings. The molecule has 0 radical (unpaired) electrons. The van der Waals surface area contributed by atoms with Crippen LogP contribution in [-0.2, 0) is 16.0 Å². The molecule has 0 aliphatic carbocycles. The minimum atomic E-state index is -0.364. The maximum absolute atomic E-state index is 13.5. The van der Waals surface area contributed by atoms with Gasteiger partial charge in [-0.15, -0.1) is 0 Å². The summed E-state index contributed by atoms with van der Waals surface area (Å²) >= 11 is 1.30. The molecule has 1 N–H and O–H groups in total. The molecule has 0 bridgehead atoms. The lowest BCUT2D eigenvalue weighted by Crippen LogP contribution is -2.32. The van der Waals surface area contributed by atoms with Gasteiger partial charge >= 0.3 is 0 Å². The van der Waals surface area contributed by atoms with Gasteiger partial charge in [0, 0.05) is 10.6 Å². The summed E-state index contributed by atoms with van der Waals surface area (Å²) in [5, 5.41) is 3.18. The fourth-order valence-electron chi connectivity index (χ4n) is 3.68. The molecule has 4 rings (SSSR count). The SMILES string of the molecule is CCCCc1ccc(N2C(=O)C(Nc3ccc(OC)cc3)=C(Sc3ccc(C)cc3)C2=O)cc1. The maximum atomic E-state index is 13.5. The number of carbonyl (C=O) groups is 2. The topological polar surface area (TPSA) is 58.6 Å². The molecule has 1 heterocycles. The number of amides is 2. The molecule has 0 spiro atoms. The van der Waals surface area contributed by atoms with Gasteiger partial charge in [0.15, 0.2) is 0 Å². The van der Waals surface area contributed by atoms with Crippen molar-refractivity contribution < 1.29 is 14.3 Å². The van der Waals surface area contributed by atoms with Crippen LogP contribution in [0.25, 0.3) is 0 Å². The van der Waals surface area contributed by atoms with Gasteiger partial charge in [0.2, 0.25) is 0 Å². The van der Waals surface area contributed by atoms with Gasteiger partial charge in [-0.1, -0.05) is 54.9 Å². The molecule has 0 atom stereocenters. The number of nitrogens with zero attached hydrogens (tertiary/aromatic N) is 1. The number of unbranched alkanes of at least 4 members (excludes halogenated alkanes) is 1. The first-order valence-corrected chi connectivity index (χ1v) is 12.2. The Labute approximate surface area is 204 Å². The molecule has 34 heavy (non-hydrogen) atoms. The molecular formula is C28H28N2O3S. The zero-order valence-electron chi connectivity index (χ0n) is 19.6. The molecule has 0 saturated heterocycles. The van der Waals surface area contributed by atoms with E-state index in [9.17, 15) is 9.59 Å². The van der Waals surface area contributed by atoms with Gasteiger partial charge in [-0.25, -0.2) is 4.90 Å². The summed E-state index contributed by atoms with van der Waals surface area (Å²) in [7, 11) is 1.60. The van der Waals surface area contributed by atoms with Gasteiger partial charge in [-0.3, -0.25) is 9.59 Å². The molecule has 0 unspecified atom stereocenters. The van der Waals surface area contributed by atoms with E-state index in [1.165, 1.54) is 22.2 Å². The van der Waals surface area contributed by atoms with Crippen LogP contribution >= 0.6 is 11.8 Å². The standard InChI is InChI=1S/C28H28N2O3S/c1-4-5-6-20-9-13-22(14-10-20)30-27(31)25(29-21-11-15-23(33-3)16-12-21)26(28(30)32)34-24-17-7-19(2)8-18-24/h7-18,29H,4-6H2,1-3H3. The molecule has 2 amide bonds. The van der Waals surface area contributed by atoms with Crippen LogP contribution in [0.15, 0.2) is 88.3 Å². The Kier molecular flexibility index (Phi) is 7.38. The number of benzene rings is 3. The van der Waals surface area contributed by atoms with Gasteiger partial charge < -0.3 is 10.1 Å². The zero-order chi connectivity index (χ0) is 24.1. The third kappa shape index (κ3) is 5.18. The third-order valence-corrected chi connectivity index (χ3v) is 6.75. The molecular weight excluding hydrogens is 444 g/mol. The monoisotopic (exact) mass is 472 g/mol. The van der Waals surface area contributed by atoms with E-state index >= 15 is 0 Å². The van der Waals surface area contributed by atoms with Crippen molar-refractivity contribution in [2.45, 2.75) is 38.0 Å². The average Bonchev–Trinajstić information content (AvgIpc) is 3.08. The fraction of sp³-hybridized carbons (Fsp3) is 0.214. The van der Waals surface area contributed by atoms with E-state index in [4.69, 9.17) is 4.74 Å². The average molecular weight is 473 g/mol. The summed E-state index contributed by atoms with van der Waals surface area (Å²) in [6.07, 6.45) is 3.21. The van der Waals surface area contributed by atoms with E-state index in [0.29, 0.717) is 22.0 Å². The summed E-state index contributed by atoms with van der Waals surface area (Å²) in [5.74, 6) is 0.0250. The van der Waals surface area contributed by atoms with E-state index in [1.807, 2.05) is 79.7 Å². The van der Waals surface area contributed by atoms with Crippen molar-refractivity contribution in [3.05, 3.63) is 94.5 Å². The fourth-order valence-corrected chi connectivity index (χ4v) is 4.61.